The molecular formula is C18H27ClN4O3S. The van der Waals surface area contributed by atoms with Gasteiger partial charge in [0.25, 0.3) is 5.91 Å². The van der Waals surface area contributed by atoms with E-state index in [0.29, 0.717) is 30.3 Å². The number of halogens is 1. The Labute approximate surface area is 167 Å². The van der Waals surface area contributed by atoms with E-state index in [1.165, 1.54) is 4.31 Å². The Morgan fingerprint density at radius 3 is 2.37 bits per heavy atom. The van der Waals surface area contributed by atoms with Crippen LogP contribution >= 0.6 is 12.4 Å². The van der Waals surface area contributed by atoms with Gasteiger partial charge in [-0.2, -0.15) is 0 Å². The topological polar surface area (TPSA) is 73.0 Å². The molecule has 1 N–H and O–H groups in total. The van der Waals surface area contributed by atoms with Gasteiger partial charge in [-0.05, 0) is 37.1 Å². The number of nitrogens with zero attached hydrogens (tertiary/aromatic N) is 3. The van der Waals surface area contributed by atoms with E-state index in [1.807, 2.05) is 4.90 Å². The first-order valence-corrected chi connectivity index (χ1v) is 11.0. The van der Waals surface area contributed by atoms with Crippen molar-refractivity contribution < 1.29 is 13.2 Å². The lowest BCUT2D eigenvalue weighted by Gasteiger charge is -2.32. The summed E-state index contributed by atoms with van der Waals surface area (Å²) in [6, 6.07) is 7.46. The molecule has 0 spiro atoms. The fourth-order valence-electron chi connectivity index (χ4n) is 4.15. The number of rotatable bonds is 3. The van der Waals surface area contributed by atoms with E-state index < -0.39 is 10.0 Å². The van der Waals surface area contributed by atoms with Crippen LogP contribution in [0.5, 0.6) is 0 Å². The van der Waals surface area contributed by atoms with Crippen molar-refractivity contribution in [1.29, 1.82) is 0 Å². The van der Waals surface area contributed by atoms with E-state index in [2.05, 4.69) is 10.2 Å². The number of benzene rings is 1. The molecule has 27 heavy (non-hydrogen) atoms. The Balaban J connectivity index is 0.00000210. The van der Waals surface area contributed by atoms with Gasteiger partial charge in [-0.1, -0.05) is 0 Å². The first kappa shape index (κ1) is 20.4. The van der Waals surface area contributed by atoms with Gasteiger partial charge in [0.05, 0.1) is 11.4 Å². The van der Waals surface area contributed by atoms with Gasteiger partial charge in [-0.15, -0.1) is 12.4 Å². The van der Waals surface area contributed by atoms with Crippen LogP contribution < -0.4 is 9.62 Å². The summed E-state index contributed by atoms with van der Waals surface area (Å²) in [5.74, 6) is 0.243. The Morgan fingerprint density at radius 1 is 1.04 bits per heavy atom. The van der Waals surface area contributed by atoms with Gasteiger partial charge in [-0.3, -0.25) is 14.0 Å². The molecule has 0 aromatic heterocycles. The number of nitrogens with one attached hydrogen (secondary N) is 1. The van der Waals surface area contributed by atoms with Crippen LogP contribution in [0.15, 0.2) is 24.3 Å². The van der Waals surface area contributed by atoms with Gasteiger partial charge in [0.1, 0.15) is 0 Å². The number of carbonyl (C=O) groups is 1. The van der Waals surface area contributed by atoms with E-state index in [1.54, 1.807) is 24.3 Å². The molecule has 3 fully saturated rings. The number of sulfonamides is 1. The molecular weight excluding hydrogens is 388 g/mol. The number of anilines is 1. The number of amides is 1. The van der Waals surface area contributed by atoms with E-state index in [0.717, 1.165) is 45.7 Å². The summed E-state index contributed by atoms with van der Waals surface area (Å²) >= 11 is 0. The molecule has 0 saturated carbocycles. The summed E-state index contributed by atoms with van der Waals surface area (Å²) in [5.41, 5.74) is 1.28. The molecule has 150 valence electrons. The fourth-order valence-corrected chi connectivity index (χ4v) is 5.72. The third kappa shape index (κ3) is 4.23. The van der Waals surface area contributed by atoms with Crippen molar-refractivity contribution in [3.05, 3.63) is 29.8 Å². The van der Waals surface area contributed by atoms with Crippen LogP contribution in [0.3, 0.4) is 0 Å². The Kier molecular flexibility index (Phi) is 6.30. The third-order valence-electron chi connectivity index (χ3n) is 5.62. The maximum atomic E-state index is 12.8. The maximum Gasteiger partial charge on any atom is 0.253 e. The van der Waals surface area contributed by atoms with Crippen molar-refractivity contribution in [2.24, 2.45) is 0 Å². The lowest BCUT2D eigenvalue weighted by atomic mass is 10.1. The molecule has 1 atom stereocenters. The molecule has 1 aromatic rings. The Hall–Kier alpha value is -1.35. The number of hydrogen-bond acceptors (Lipinski definition) is 5. The van der Waals surface area contributed by atoms with Crippen LogP contribution in [-0.4, -0.2) is 81.7 Å². The van der Waals surface area contributed by atoms with Crippen molar-refractivity contribution in [1.82, 2.24) is 15.1 Å². The minimum Gasteiger partial charge on any atom is -0.337 e. The second-order valence-electron chi connectivity index (χ2n) is 7.27. The molecule has 3 aliphatic rings. The standard InChI is InChI=1S/C18H26N4O3S.ClH/c23-18(21-10-6-17(14-21)20-11-7-19-8-12-20)15-2-4-16(5-3-15)22-9-1-13-26(22,24)25;/h2-5,17,19H,1,6-14H2;1H. The van der Waals surface area contributed by atoms with Crippen molar-refractivity contribution in [3.63, 3.8) is 0 Å². The number of carbonyl (C=O) groups excluding carboxylic acids is 1. The summed E-state index contributed by atoms with van der Waals surface area (Å²) in [6.45, 7) is 6.22. The molecule has 0 radical (unpaired) electrons. The molecule has 1 amide bonds. The van der Waals surface area contributed by atoms with Crippen molar-refractivity contribution in [2.45, 2.75) is 18.9 Å². The second-order valence-corrected chi connectivity index (χ2v) is 9.28. The van der Waals surface area contributed by atoms with Gasteiger partial charge >= 0.3 is 0 Å². The molecule has 3 heterocycles. The van der Waals surface area contributed by atoms with Gasteiger partial charge in [-0.25, -0.2) is 8.42 Å². The van der Waals surface area contributed by atoms with Crippen LogP contribution in [0.1, 0.15) is 23.2 Å². The summed E-state index contributed by atoms with van der Waals surface area (Å²) in [5, 5.41) is 3.36. The summed E-state index contributed by atoms with van der Waals surface area (Å²) < 4.78 is 25.5. The SMILES string of the molecule is Cl.O=C(c1ccc(N2CCCS2(=O)=O)cc1)N1CCC(N2CCNCC2)C1. The highest BCUT2D eigenvalue weighted by Gasteiger charge is 2.32. The monoisotopic (exact) mass is 414 g/mol. The summed E-state index contributed by atoms with van der Waals surface area (Å²) in [7, 11) is -3.18. The Bertz CT molecular complexity index is 765. The second kappa shape index (κ2) is 8.34. The zero-order valence-corrected chi connectivity index (χ0v) is 17.0. The molecule has 1 aromatic carbocycles. The minimum absolute atomic E-state index is 0. The molecule has 9 heteroatoms. The average molecular weight is 415 g/mol. The van der Waals surface area contributed by atoms with Crippen molar-refractivity contribution in [2.75, 3.05) is 55.9 Å². The van der Waals surface area contributed by atoms with Crippen LogP contribution in [-0.2, 0) is 10.0 Å². The lowest BCUT2D eigenvalue weighted by Crippen LogP contribution is -2.49. The van der Waals surface area contributed by atoms with Gasteiger partial charge in [0, 0.05) is 57.4 Å². The highest BCUT2D eigenvalue weighted by atomic mass is 35.5. The van der Waals surface area contributed by atoms with Crippen LogP contribution in [0, 0.1) is 0 Å². The predicted molar refractivity (Wildman–Crippen MR) is 108 cm³/mol. The molecule has 0 aliphatic carbocycles. The smallest absolute Gasteiger partial charge is 0.253 e. The highest BCUT2D eigenvalue weighted by molar-refractivity contribution is 7.93. The highest BCUT2D eigenvalue weighted by Crippen LogP contribution is 2.25. The van der Waals surface area contributed by atoms with Crippen LogP contribution in [0.25, 0.3) is 0 Å². The fraction of sp³-hybridized carbons (Fsp3) is 0.611. The normalized spacial score (nSPS) is 25.4. The molecule has 3 saturated heterocycles. The zero-order valence-electron chi connectivity index (χ0n) is 15.3. The van der Waals surface area contributed by atoms with E-state index in [4.69, 9.17) is 0 Å². The molecule has 7 nitrogen and oxygen atoms in total. The molecule has 3 aliphatic heterocycles. The van der Waals surface area contributed by atoms with Gasteiger partial charge in [0.2, 0.25) is 10.0 Å². The van der Waals surface area contributed by atoms with Crippen molar-refractivity contribution in [3.8, 4) is 0 Å². The van der Waals surface area contributed by atoms with Crippen molar-refractivity contribution >= 4 is 34.0 Å². The largest absolute Gasteiger partial charge is 0.337 e. The quantitative estimate of drug-likeness (QED) is 0.790. The zero-order chi connectivity index (χ0) is 18.1. The number of hydrogen-bond donors (Lipinski definition) is 1. The van der Waals surface area contributed by atoms with E-state index in [9.17, 15) is 13.2 Å². The predicted octanol–water partition coefficient (Wildman–Crippen LogP) is 0.768. The van der Waals surface area contributed by atoms with Crippen LogP contribution in [0.2, 0.25) is 0 Å². The Morgan fingerprint density at radius 2 is 1.74 bits per heavy atom. The number of piperazine rings is 1. The summed E-state index contributed by atoms with van der Waals surface area (Å²) in [4.78, 5) is 17.2. The maximum absolute atomic E-state index is 12.8. The van der Waals surface area contributed by atoms with Gasteiger partial charge < -0.3 is 10.2 Å². The first-order valence-electron chi connectivity index (χ1n) is 9.39. The minimum atomic E-state index is -3.18. The van der Waals surface area contributed by atoms with Gasteiger partial charge in [0.15, 0.2) is 0 Å². The average Bonchev–Trinajstić information content (AvgIpc) is 3.28. The molecule has 0 bridgehead atoms. The summed E-state index contributed by atoms with van der Waals surface area (Å²) in [6.07, 6.45) is 1.68. The lowest BCUT2D eigenvalue weighted by molar-refractivity contribution is 0.0773. The number of likely N-dealkylation sites (tertiary alicyclic amines) is 1. The third-order valence-corrected chi connectivity index (χ3v) is 7.49. The molecule has 1 unspecified atom stereocenters. The first-order chi connectivity index (χ1) is 12.5. The molecule has 4 rings (SSSR count). The van der Waals surface area contributed by atoms with E-state index >= 15 is 0 Å². The van der Waals surface area contributed by atoms with E-state index in [-0.39, 0.29) is 24.1 Å². The van der Waals surface area contributed by atoms with Crippen LogP contribution in [0.4, 0.5) is 5.69 Å².